The third kappa shape index (κ3) is 3.08. The van der Waals surface area contributed by atoms with E-state index in [1.807, 2.05) is 18.2 Å². The maximum absolute atomic E-state index is 13.0. The standard InChI is InChI=1S/C20H20ClN3O/c1-23-12-10-14(11-13-23)19-17-4-2-3-5-18(17)24(22-19)20(25)15-6-8-16(21)9-7-15/h2-9,14H,10-13H2,1H3. The third-order valence-corrected chi connectivity index (χ3v) is 5.26. The zero-order chi connectivity index (χ0) is 17.4. The minimum Gasteiger partial charge on any atom is -0.306 e. The lowest BCUT2D eigenvalue weighted by molar-refractivity contribution is 0.0949. The van der Waals surface area contributed by atoms with E-state index in [1.165, 1.54) is 0 Å². The number of para-hydroxylation sites is 1. The maximum atomic E-state index is 13.0. The van der Waals surface area contributed by atoms with Crippen LogP contribution in [0.2, 0.25) is 5.02 Å². The van der Waals surface area contributed by atoms with Gasteiger partial charge >= 0.3 is 0 Å². The predicted octanol–water partition coefficient (Wildman–Crippen LogP) is 4.19. The van der Waals surface area contributed by atoms with Gasteiger partial charge in [-0.25, -0.2) is 0 Å². The molecule has 2 heterocycles. The normalized spacial score (nSPS) is 16.4. The van der Waals surface area contributed by atoms with Crippen LogP contribution in [0.5, 0.6) is 0 Å². The summed E-state index contributed by atoms with van der Waals surface area (Å²) in [6.45, 7) is 2.13. The van der Waals surface area contributed by atoms with Crippen LogP contribution in [-0.4, -0.2) is 40.7 Å². The van der Waals surface area contributed by atoms with Crippen molar-refractivity contribution < 1.29 is 4.79 Å². The summed E-state index contributed by atoms with van der Waals surface area (Å²) in [6.07, 6.45) is 2.15. The summed E-state index contributed by atoms with van der Waals surface area (Å²) in [4.78, 5) is 15.3. The van der Waals surface area contributed by atoms with Gasteiger partial charge in [-0.1, -0.05) is 29.8 Å². The van der Waals surface area contributed by atoms with Crippen LogP contribution in [0, 0.1) is 0 Å². The predicted molar refractivity (Wildman–Crippen MR) is 100 cm³/mol. The highest BCUT2D eigenvalue weighted by Gasteiger charge is 2.25. The van der Waals surface area contributed by atoms with Crippen molar-refractivity contribution in [2.24, 2.45) is 0 Å². The molecule has 0 atom stereocenters. The second kappa shape index (κ2) is 6.62. The maximum Gasteiger partial charge on any atom is 0.278 e. The molecule has 5 heteroatoms. The van der Waals surface area contributed by atoms with Crippen LogP contribution < -0.4 is 0 Å². The Balaban J connectivity index is 1.77. The van der Waals surface area contributed by atoms with E-state index in [-0.39, 0.29) is 5.91 Å². The monoisotopic (exact) mass is 353 g/mol. The SMILES string of the molecule is CN1CCC(c2nn(C(=O)c3ccc(Cl)cc3)c3ccccc23)CC1. The molecule has 0 N–H and O–H groups in total. The number of piperidine rings is 1. The van der Waals surface area contributed by atoms with Crippen LogP contribution >= 0.6 is 11.6 Å². The molecule has 0 bridgehead atoms. The zero-order valence-corrected chi connectivity index (χ0v) is 14.9. The Labute approximate surface area is 152 Å². The molecule has 4 nitrogen and oxygen atoms in total. The summed E-state index contributed by atoms with van der Waals surface area (Å²) in [6, 6.07) is 15.0. The number of carbonyl (C=O) groups excluding carboxylic acids is 1. The number of benzene rings is 2. The molecule has 3 aromatic rings. The van der Waals surface area contributed by atoms with Gasteiger partial charge in [-0.15, -0.1) is 0 Å². The van der Waals surface area contributed by atoms with Gasteiger partial charge in [0.2, 0.25) is 0 Å². The van der Waals surface area contributed by atoms with Crippen molar-refractivity contribution in [1.29, 1.82) is 0 Å². The van der Waals surface area contributed by atoms with Crippen LogP contribution in [0.1, 0.15) is 34.8 Å². The molecule has 1 fully saturated rings. The van der Waals surface area contributed by atoms with Gasteiger partial charge in [0.15, 0.2) is 0 Å². The largest absolute Gasteiger partial charge is 0.306 e. The lowest BCUT2D eigenvalue weighted by Gasteiger charge is -2.28. The fourth-order valence-electron chi connectivity index (χ4n) is 3.54. The minimum absolute atomic E-state index is 0.118. The van der Waals surface area contributed by atoms with E-state index in [0.717, 1.165) is 42.5 Å². The van der Waals surface area contributed by atoms with Crippen molar-refractivity contribution in [2.75, 3.05) is 20.1 Å². The van der Waals surface area contributed by atoms with Gasteiger partial charge in [0.05, 0.1) is 11.2 Å². The number of hydrogen-bond donors (Lipinski definition) is 0. The molecule has 0 unspecified atom stereocenters. The second-order valence-corrected chi connectivity index (χ2v) is 7.14. The van der Waals surface area contributed by atoms with Crippen LogP contribution in [0.4, 0.5) is 0 Å². The van der Waals surface area contributed by atoms with Gasteiger partial charge in [-0.2, -0.15) is 9.78 Å². The van der Waals surface area contributed by atoms with Gasteiger partial charge in [0.1, 0.15) is 0 Å². The highest BCUT2D eigenvalue weighted by Crippen LogP contribution is 2.32. The molecule has 0 aliphatic carbocycles. The van der Waals surface area contributed by atoms with E-state index < -0.39 is 0 Å². The fourth-order valence-corrected chi connectivity index (χ4v) is 3.67. The molecule has 4 rings (SSSR count). The first kappa shape index (κ1) is 16.3. The number of carbonyl (C=O) groups is 1. The first-order valence-corrected chi connectivity index (χ1v) is 8.98. The number of fused-ring (bicyclic) bond motifs is 1. The Morgan fingerprint density at radius 1 is 1.08 bits per heavy atom. The number of halogens is 1. The zero-order valence-electron chi connectivity index (χ0n) is 14.2. The molecule has 1 saturated heterocycles. The minimum atomic E-state index is -0.118. The quantitative estimate of drug-likeness (QED) is 0.693. The molecule has 1 aliphatic heterocycles. The molecule has 0 radical (unpaired) electrons. The molecule has 128 valence electrons. The Morgan fingerprint density at radius 3 is 2.48 bits per heavy atom. The molecule has 25 heavy (non-hydrogen) atoms. The lowest BCUT2D eigenvalue weighted by atomic mass is 9.92. The topological polar surface area (TPSA) is 38.1 Å². The van der Waals surface area contributed by atoms with E-state index in [2.05, 4.69) is 18.0 Å². The fraction of sp³-hybridized carbons (Fsp3) is 0.300. The molecule has 0 saturated carbocycles. The first-order valence-electron chi connectivity index (χ1n) is 8.60. The Hall–Kier alpha value is -2.17. The third-order valence-electron chi connectivity index (χ3n) is 5.00. The van der Waals surface area contributed by atoms with Crippen LogP contribution in [0.15, 0.2) is 48.5 Å². The molecular weight excluding hydrogens is 334 g/mol. The van der Waals surface area contributed by atoms with E-state index in [4.69, 9.17) is 16.7 Å². The van der Waals surface area contributed by atoms with E-state index in [1.54, 1.807) is 28.9 Å². The number of likely N-dealkylation sites (tertiary alicyclic amines) is 1. The number of rotatable bonds is 2. The van der Waals surface area contributed by atoms with Gasteiger partial charge in [-0.3, -0.25) is 4.79 Å². The summed E-state index contributed by atoms with van der Waals surface area (Å²) < 4.78 is 1.55. The number of aromatic nitrogens is 2. The highest BCUT2D eigenvalue weighted by molar-refractivity contribution is 6.30. The van der Waals surface area contributed by atoms with Crippen molar-refractivity contribution in [3.05, 3.63) is 64.8 Å². The van der Waals surface area contributed by atoms with Crippen LogP contribution in [-0.2, 0) is 0 Å². The molecule has 1 aromatic heterocycles. The first-order chi connectivity index (χ1) is 12.1. The Bertz CT molecular complexity index is 908. The Morgan fingerprint density at radius 2 is 1.76 bits per heavy atom. The second-order valence-electron chi connectivity index (χ2n) is 6.70. The summed E-state index contributed by atoms with van der Waals surface area (Å²) in [7, 11) is 2.15. The number of hydrogen-bond acceptors (Lipinski definition) is 3. The molecular formula is C20H20ClN3O. The molecule has 0 spiro atoms. The highest BCUT2D eigenvalue weighted by atomic mass is 35.5. The van der Waals surface area contributed by atoms with Crippen molar-refractivity contribution in [2.45, 2.75) is 18.8 Å². The summed E-state index contributed by atoms with van der Waals surface area (Å²) in [5.41, 5.74) is 2.51. The van der Waals surface area contributed by atoms with Crippen LogP contribution in [0.3, 0.4) is 0 Å². The van der Waals surface area contributed by atoms with E-state index in [9.17, 15) is 4.79 Å². The van der Waals surface area contributed by atoms with Crippen molar-refractivity contribution in [3.63, 3.8) is 0 Å². The van der Waals surface area contributed by atoms with Gasteiger partial charge in [0.25, 0.3) is 5.91 Å². The molecule has 1 aliphatic rings. The van der Waals surface area contributed by atoms with E-state index >= 15 is 0 Å². The van der Waals surface area contributed by atoms with Crippen molar-refractivity contribution in [1.82, 2.24) is 14.7 Å². The molecule has 2 aromatic carbocycles. The smallest absolute Gasteiger partial charge is 0.278 e. The van der Waals surface area contributed by atoms with Gasteiger partial charge in [-0.05, 0) is 63.3 Å². The van der Waals surface area contributed by atoms with Gasteiger partial charge in [0, 0.05) is 21.9 Å². The molecule has 0 amide bonds. The van der Waals surface area contributed by atoms with Crippen LogP contribution in [0.25, 0.3) is 10.9 Å². The summed E-state index contributed by atoms with van der Waals surface area (Å²) >= 11 is 5.94. The Kier molecular flexibility index (Phi) is 4.32. The average Bonchev–Trinajstić information content (AvgIpc) is 3.02. The van der Waals surface area contributed by atoms with Crippen molar-refractivity contribution in [3.8, 4) is 0 Å². The van der Waals surface area contributed by atoms with E-state index in [0.29, 0.717) is 16.5 Å². The summed E-state index contributed by atoms with van der Waals surface area (Å²) in [5, 5.41) is 6.45. The van der Waals surface area contributed by atoms with Crippen molar-refractivity contribution >= 4 is 28.4 Å². The lowest BCUT2D eigenvalue weighted by Crippen LogP contribution is -2.29. The average molecular weight is 354 g/mol. The van der Waals surface area contributed by atoms with Gasteiger partial charge < -0.3 is 4.90 Å². The number of nitrogens with zero attached hydrogens (tertiary/aromatic N) is 3. The summed E-state index contributed by atoms with van der Waals surface area (Å²) in [5.74, 6) is 0.285.